The van der Waals surface area contributed by atoms with Crippen LogP contribution >= 0.6 is 0 Å². The number of rotatable bonds is 6. The highest BCUT2D eigenvalue weighted by Gasteiger charge is 2.41. The van der Waals surface area contributed by atoms with Crippen molar-refractivity contribution in [3.63, 3.8) is 0 Å². The third kappa shape index (κ3) is 7.29. The first-order valence-electron chi connectivity index (χ1n) is 12.2. The molecule has 192 valence electrons. The molecule has 0 aromatic heterocycles. The SMILES string of the molecule is CC1CCCCC1N(CC1CCC(C(N)OC(N)C(F)(F)F)CC1)C(=O)N1CCS(=O)CC1. The van der Waals surface area contributed by atoms with Gasteiger partial charge >= 0.3 is 12.2 Å². The molecule has 3 aliphatic rings. The van der Waals surface area contributed by atoms with Crippen LogP contribution in [0.25, 0.3) is 0 Å². The summed E-state index contributed by atoms with van der Waals surface area (Å²) in [7, 11) is -0.843. The Morgan fingerprint density at radius 3 is 2.27 bits per heavy atom. The molecule has 0 aromatic rings. The van der Waals surface area contributed by atoms with Crippen LogP contribution in [-0.2, 0) is 15.5 Å². The summed E-state index contributed by atoms with van der Waals surface area (Å²) < 4.78 is 54.6. The molecule has 1 aliphatic heterocycles. The van der Waals surface area contributed by atoms with Crippen molar-refractivity contribution >= 4 is 16.8 Å². The third-order valence-corrected chi connectivity index (χ3v) is 8.87. The first-order valence-corrected chi connectivity index (χ1v) is 13.7. The van der Waals surface area contributed by atoms with Gasteiger partial charge in [0.05, 0.1) is 0 Å². The van der Waals surface area contributed by atoms with E-state index in [1.54, 1.807) is 0 Å². The fourth-order valence-electron chi connectivity index (χ4n) is 5.46. The normalized spacial score (nSPS) is 31.8. The Hall–Kier alpha value is -0.910. The minimum absolute atomic E-state index is 0.0451. The van der Waals surface area contributed by atoms with Gasteiger partial charge in [0.2, 0.25) is 6.23 Å². The van der Waals surface area contributed by atoms with E-state index in [0.717, 1.165) is 32.1 Å². The van der Waals surface area contributed by atoms with E-state index >= 15 is 0 Å². The van der Waals surface area contributed by atoms with Crippen molar-refractivity contribution in [2.24, 2.45) is 29.2 Å². The van der Waals surface area contributed by atoms with Crippen molar-refractivity contribution in [1.29, 1.82) is 0 Å². The summed E-state index contributed by atoms with van der Waals surface area (Å²) in [5.41, 5.74) is 11.0. The van der Waals surface area contributed by atoms with E-state index in [0.29, 0.717) is 49.9 Å². The van der Waals surface area contributed by atoms with E-state index in [1.165, 1.54) is 6.42 Å². The van der Waals surface area contributed by atoms with Gasteiger partial charge in [-0.25, -0.2) is 4.79 Å². The lowest BCUT2D eigenvalue weighted by molar-refractivity contribution is -0.236. The molecule has 2 saturated carbocycles. The zero-order chi connectivity index (χ0) is 24.2. The minimum Gasteiger partial charge on any atom is -0.336 e. The topological polar surface area (TPSA) is 102 Å². The zero-order valence-electron chi connectivity index (χ0n) is 19.5. The maximum atomic E-state index is 13.5. The molecular formula is C22H39F3N4O3S. The molecule has 4 atom stereocenters. The van der Waals surface area contributed by atoms with Gasteiger partial charge in [-0.15, -0.1) is 0 Å². The summed E-state index contributed by atoms with van der Waals surface area (Å²) in [4.78, 5) is 17.4. The highest BCUT2D eigenvalue weighted by molar-refractivity contribution is 7.85. The Kier molecular flexibility index (Phi) is 9.45. The molecule has 0 spiro atoms. The molecule has 2 amide bonds. The summed E-state index contributed by atoms with van der Waals surface area (Å²) in [6, 6.07) is 0.246. The van der Waals surface area contributed by atoms with Gasteiger partial charge in [-0.05, 0) is 56.3 Å². The molecule has 1 saturated heterocycles. The first kappa shape index (κ1) is 26.7. The number of ether oxygens (including phenoxy) is 1. The number of nitrogens with zero attached hydrogens (tertiary/aromatic N) is 2. The predicted molar refractivity (Wildman–Crippen MR) is 122 cm³/mol. The van der Waals surface area contributed by atoms with E-state index in [1.807, 2.05) is 4.90 Å². The number of halogens is 3. The minimum atomic E-state index is -4.63. The van der Waals surface area contributed by atoms with E-state index in [-0.39, 0.29) is 23.9 Å². The summed E-state index contributed by atoms with van der Waals surface area (Å²) in [5.74, 6) is 1.60. The second-order valence-electron chi connectivity index (χ2n) is 9.94. The van der Waals surface area contributed by atoms with Crippen LogP contribution in [0.4, 0.5) is 18.0 Å². The lowest BCUT2D eigenvalue weighted by Crippen LogP contribution is -2.55. The largest absolute Gasteiger partial charge is 0.428 e. The van der Waals surface area contributed by atoms with Crippen LogP contribution in [0.2, 0.25) is 0 Å². The van der Waals surface area contributed by atoms with Crippen LogP contribution in [0.3, 0.4) is 0 Å². The first-order chi connectivity index (χ1) is 15.6. The Morgan fingerprint density at radius 2 is 1.70 bits per heavy atom. The Labute approximate surface area is 197 Å². The van der Waals surface area contributed by atoms with Gasteiger partial charge in [0.1, 0.15) is 6.23 Å². The zero-order valence-corrected chi connectivity index (χ0v) is 20.3. The van der Waals surface area contributed by atoms with Gasteiger partial charge in [-0.3, -0.25) is 9.94 Å². The van der Waals surface area contributed by atoms with Gasteiger partial charge in [0.25, 0.3) is 0 Å². The fraction of sp³-hybridized carbons (Fsp3) is 0.955. The lowest BCUT2D eigenvalue weighted by atomic mass is 9.79. The van der Waals surface area contributed by atoms with Crippen LogP contribution in [0, 0.1) is 17.8 Å². The molecule has 11 heteroatoms. The third-order valence-electron chi connectivity index (χ3n) is 7.60. The molecule has 4 unspecified atom stereocenters. The summed E-state index contributed by atoms with van der Waals surface area (Å²) in [5, 5.41) is 0. The fourth-order valence-corrected chi connectivity index (χ4v) is 6.51. The van der Waals surface area contributed by atoms with Gasteiger partial charge in [-0.2, -0.15) is 13.2 Å². The number of carbonyl (C=O) groups is 1. The van der Waals surface area contributed by atoms with E-state index in [4.69, 9.17) is 16.2 Å². The molecule has 2 aliphatic carbocycles. The molecule has 7 nitrogen and oxygen atoms in total. The standard InChI is InChI=1S/C22H39F3N4O3S/c1-15-4-2-3-5-18(15)29(21(30)28-10-12-33(31)13-11-28)14-16-6-8-17(9-7-16)19(26)32-20(27)22(23,24)25/h15-20H,2-14,26-27H2,1H3. The molecule has 0 bridgehead atoms. The number of nitrogens with two attached hydrogens (primary N) is 2. The molecular weight excluding hydrogens is 457 g/mol. The van der Waals surface area contributed by atoms with Crippen LogP contribution in [0.5, 0.6) is 0 Å². The number of alkyl halides is 3. The van der Waals surface area contributed by atoms with Crippen LogP contribution in [-0.4, -0.2) is 75.9 Å². The summed E-state index contributed by atoms with van der Waals surface area (Å²) in [6.07, 6.45) is -0.760. The number of hydrogen-bond acceptors (Lipinski definition) is 5. The smallest absolute Gasteiger partial charge is 0.336 e. The molecule has 4 N–H and O–H groups in total. The number of urea groups is 1. The van der Waals surface area contributed by atoms with E-state index < -0.39 is 29.4 Å². The van der Waals surface area contributed by atoms with E-state index in [9.17, 15) is 22.2 Å². The highest BCUT2D eigenvalue weighted by atomic mass is 32.2. The molecule has 0 aromatic carbocycles. The maximum Gasteiger partial charge on any atom is 0.428 e. The van der Waals surface area contributed by atoms with Gasteiger partial charge in [0, 0.05) is 48.0 Å². The molecule has 0 radical (unpaired) electrons. The Morgan fingerprint density at radius 1 is 1.09 bits per heavy atom. The predicted octanol–water partition coefficient (Wildman–Crippen LogP) is 3.01. The Balaban J connectivity index is 1.59. The quantitative estimate of drug-likeness (QED) is 0.551. The molecule has 33 heavy (non-hydrogen) atoms. The lowest BCUT2D eigenvalue weighted by Gasteiger charge is -2.44. The van der Waals surface area contributed by atoms with E-state index in [2.05, 4.69) is 11.8 Å². The maximum absolute atomic E-state index is 13.5. The van der Waals surface area contributed by atoms with Crippen molar-refractivity contribution in [3.8, 4) is 0 Å². The summed E-state index contributed by atoms with van der Waals surface area (Å²) in [6.45, 7) is 3.92. The highest BCUT2D eigenvalue weighted by Crippen LogP contribution is 2.35. The van der Waals surface area contributed by atoms with Gasteiger partial charge < -0.3 is 20.3 Å². The Bertz CT molecular complexity index is 666. The number of amides is 2. The van der Waals surface area contributed by atoms with Gasteiger partial charge in [0.15, 0.2) is 0 Å². The van der Waals surface area contributed by atoms with Crippen molar-refractivity contribution in [3.05, 3.63) is 0 Å². The van der Waals surface area contributed by atoms with Crippen LogP contribution < -0.4 is 11.5 Å². The molecule has 3 rings (SSSR count). The second kappa shape index (κ2) is 11.7. The average Bonchev–Trinajstić information content (AvgIpc) is 2.78. The average molecular weight is 497 g/mol. The van der Waals surface area contributed by atoms with Crippen molar-refractivity contribution < 1.29 is 26.9 Å². The molecule has 1 heterocycles. The number of carbonyl (C=O) groups excluding carboxylic acids is 1. The van der Waals surface area contributed by atoms with Crippen molar-refractivity contribution in [2.75, 3.05) is 31.1 Å². The summed E-state index contributed by atoms with van der Waals surface area (Å²) >= 11 is 0. The van der Waals surface area contributed by atoms with Crippen LogP contribution in [0.1, 0.15) is 58.3 Å². The van der Waals surface area contributed by atoms with Gasteiger partial charge in [-0.1, -0.05) is 19.8 Å². The van der Waals surface area contributed by atoms with Crippen LogP contribution in [0.15, 0.2) is 0 Å². The second-order valence-corrected chi connectivity index (χ2v) is 11.6. The molecule has 3 fully saturated rings. The van der Waals surface area contributed by atoms with Crippen molar-refractivity contribution in [2.45, 2.75) is 83.0 Å². The van der Waals surface area contributed by atoms with Crippen molar-refractivity contribution in [1.82, 2.24) is 9.80 Å². The number of hydrogen-bond donors (Lipinski definition) is 2. The monoisotopic (exact) mass is 496 g/mol.